The van der Waals surface area contributed by atoms with Gasteiger partial charge in [-0.25, -0.2) is 0 Å². The number of likely N-dealkylation sites (tertiary alicyclic amines) is 1. The van der Waals surface area contributed by atoms with E-state index in [1.54, 1.807) is 0 Å². The highest BCUT2D eigenvalue weighted by atomic mass is 16.4. The van der Waals surface area contributed by atoms with Crippen LogP contribution in [0.15, 0.2) is 0 Å². The van der Waals surface area contributed by atoms with Crippen molar-refractivity contribution in [2.24, 2.45) is 0 Å². The zero-order valence-electron chi connectivity index (χ0n) is 14.3. The highest BCUT2D eigenvalue weighted by molar-refractivity contribution is 5.78. The minimum atomic E-state index is -0.793. The van der Waals surface area contributed by atoms with E-state index in [0.717, 1.165) is 19.4 Å². The number of carboxylic acid groups (broad SMARTS) is 1. The molecule has 124 valence electrons. The molecule has 2 atom stereocenters. The Bertz CT molecular complexity index is 320. The SMILES string of the molecule is CC(C)NC(C)(CCCCN1CCCCCC1C)C(=O)O. The van der Waals surface area contributed by atoms with Crippen molar-refractivity contribution in [1.82, 2.24) is 10.2 Å². The highest BCUT2D eigenvalue weighted by Crippen LogP contribution is 2.19. The first kappa shape index (κ1) is 18.4. The fourth-order valence-electron chi connectivity index (χ4n) is 3.34. The van der Waals surface area contributed by atoms with E-state index in [2.05, 4.69) is 17.1 Å². The minimum absolute atomic E-state index is 0.191. The number of unbranched alkanes of at least 4 members (excludes halogenated alkanes) is 1. The Morgan fingerprint density at radius 2 is 2.05 bits per heavy atom. The molecule has 1 heterocycles. The van der Waals surface area contributed by atoms with Crippen LogP contribution in [0.25, 0.3) is 0 Å². The summed E-state index contributed by atoms with van der Waals surface area (Å²) in [6.07, 6.45) is 8.08. The van der Waals surface area contributed by atoms with Gasteiger partial charge in [0.2, 0.25) is 0 Å². The molecule has 0 spiro atoms. The van der Waals surface area contributed by atoms with Crippen LogP contribution >= 0.6 is 0 Å². The van der Waals surface area contributed by atoms with E-state index in [0.29, 0.717) is 12.5 Å². The molecule has 0 aromatic rings. The van der Waals surface area contributed by atoms with Crippen LogP contribution in [-0.2, 0) is 4.79 Å². The largest absolute Gasteiger partial charge is 0.480 e. The lowest BCUT2D eigenvalue weighted by Gasteiger charge is -2.30. The number of carboxylic acids is 1. The van der Waals surface area contributed by atoms with Crippen molar-refractivity contribution >= 4 is 5.97 Å². The number of hydrogen-bond donors (Lipinski definition) is 2. The van der Waals surface area contributed by atoms with Gasteiger partial charge in [0.05, 0.1) is 0 Å². The summed E-state index contributed by atoms with van der Waals surface area (Å²) < 4.78 is 0. The predicted molar refractivity (Wildman–Crippen MR) is 87.7 cm³/mol. The number of aliphatic carboxylic acids is 1. The molecule has 0 saturated carbocycles. The van der Waals surface area contributed by atoms with E-state index >= 15 is 0 Å². The summed E-state index contributed by atoms with van der Waals surface area (Å²) in [6, 6.07) is 0.879. The first-order valence-electron chi connectivity index (χ1n) is 8.60. The topological polar surface area (TPSA) is 52.6 Å². The standard InChI is InChI=1S/C17H34N2O2/c1-14(2)18-17(4,16(20)21)11-7-9-13-19-12-8-5-6-10-15(19)3/h14-15,18H,5-13H2,1-4H3,(H,20,21). The van der Waals surface area contributed by atoms with Gasteiger partial charge in [0.15, 0.2) is 0 Å². The summed E-state index contributed by atoms with van der Waals surface area (Å²) in [6.45, 7) is 10.5. The van der Waals surface area contributed by atoms with Crippen LogP contribution in [0.3, 0.4) is 0 Å². The lowest BCUT2D eigenvalue weighted by Crippen LogP contribution is -2.52. The second kappa shape index (κ2) is 8.74. The molecule has 2 N–H and O–H groups in total. The summed E-state index contributed by atoms with van der Waals surface area (Å²) in [5.41, 5.74) is -0.793. The van der Waals surface area contributed by atoms with Gasteiger partial charge >= 0.3 is 5.97 Å². The summed E-state index contributed by atoms with van der Waals surface area (Å²) in [5, 5.41) is 12.6. The van der Waals surface area contributed by atoms with Crippen molar-refractivity contribution in [3.05, 3.63) is 0 Å². The molecule has 0 aromatic heterocycles. The van der Waals surface area contributed by atoms with Gasteiger partial charge < -0.3 is 10.0 Å². The quantitative estimate of drug-likeness (QED) is 0.675. The molecule has 0 aliphatic carbocycles. The van der Waals surface area contributed by atoms with Crippen molar-refractivity contribution in [3.63, 3.8) is 0 Å². The maximum Gasteiger partial charge on any atom is 0.323 e. The number of rotatable bonds is 8. The molecular formula is C17H34N2O2. The number of hydrogen-bond acceptors (Lipinski definition) is 3. The van der Waals surface area contributed by atoms with E-state index < -0.39 is 11.5 Å². The third kappa shape index (κ3) is 6.35. The zero-order valence-corrected chi connectivity index (χ0v) is 14.3. The monoisotopic (exact) mass is 298 g/mol. The molecule has 4 nitrogen and oxygen atoms in total. The van der Waals surface area contributed by atoms with Crippen LogP contribution < -0.4 is 5.32 Å². The second-order valence-corrected chi connectivity index (χ2v) is 7.13. The first-order chi connectivity index (χ1) is 9.85. The van der Waals surface area contributed by atoms with Gasteiger partial charge in [-0.05, 0) is 72.9 Å². The Kier molecular flexibility index (Phi) is 7.67. The van der Waals surface area contributed by atoms with Gasteiger partial charge in [-0.15, -0.1) is 0 Å². The zero-order chi connectivity index (χ0) is 15.9. The Labute approximate surface area is 130 Å². The molecule has 1 aliphatic rings. The van der Waals surface area contributed by atoms with E-state index in [9.17, 15) is 9.90 Å². The van der Waals surface area contributed by atoms with Gasteiger partial charge in [0, 0.05) is 12.1 Å². The molecule has 2 unspecified atom stereocenters. The number of nitrogens with zero attached hydrogens (tertiary/aromatic N) is 1. The molecule has 1 saturated heterocycles. The van der Waals surface area contributed by atoms with Crippen LogP contribution in [0.5, 0.6) is 0 Å². The van der Waals surface area contributed by atoms with Crippen molar-refractivity contribution in [3.8, 4) is 0 Å². The van der Waals surface area contributed by atoms with Crippen molar-refractivity contribution in [2.45, 2.75) is 90.3 Å². The van der Waals surface area contributed by atoms with E-state index in [1.807, 2.05) is 20.8 Å². The van der Waals surface area contributed by atoms with E-state index in [4.69, 9.17) is 0 Å². The van der Waals surface area contributed by atoms with Crippen LogP contribution in [-0.4, -0.2) is 46.7 Å². The maximum absolute atomic E-state index is 11.5. The van der Waals surface area contributed by atoms with Gasteiger partial charge in [0.1, 0.15) is 5.54 Å². The number of carbonyl (C=O) groups is 1. The Morgan fingerprint density at radius 3 is 2.67 bits per heavy atom. The lowest BCUT2D eigenvalue weighted by atomic mass is 9.94. The fraction of sp³-hybridized carbons (Fsp3) is 0.941. The van der Waals surface area contributed by atoms with Crippen LogP contribution in [0.2, 0.25) is 0 Å². The molecule has 0 aromatic carbocycles. The molecule has 21 heavy (non-hydrogen) atoms. The predicted octanol–water partition coefficient (Wildman–Crippen LogP) is 3.26. The van der Waals surface area contributed by atoms with Crippen LogP contribution in [0.4, 0.5) is 0 Å². The molecule has 0 bridgehead atoms. The minimum Gasteiger partial charge on any atom is -0.480 e. The highest BCUT2D eigenvalue weighted by Gasteiger charge is 2.32. The van der Waals surface area contributed by atoms with Crippen LogP contribution in [0, 0.1) is 0 Å². The van der Waals surface area contributed by atoms with Gasteiger partial charge in [0.25, 0.3) is 0 Å². The van der Waals surface area contributed by atoms with Crippen molar-refractivity contribution < 1.29 is 9.90 Å². The Morgan fingerprint density at radius 1 is 1.33 bits per heavy atom. The lowest BCUT2D eigenvalue weighted by molar-refractivity contribution is -0.144. The third-order valence-electron chi connectivity index (χ3n) is 4.64. The molecule has 0 amide bonds. The van der Waals surface area contributed by atoms with E-state index in [1.165, 1.54) is 32.2 Å². The fourth-order valence-corrected chi connectivity index (χ4v) is 3.34. The van der Waals surface area contributed by atoms with Crippen molar-refractivity contribution in [2.75, 3.05) is 13.1 Å². The molecular weight excluding hydrogens is 264 g/mol. The van der Waals surface area contributed by atoms with Crippen molar-refractivity contribution in [1.29, 1.82) is 0 Å². The number of nitrogens with one attached hydrogen (secondary N) is 1. The van der Waals surface area contributed by atoms with Gasteiger partial charge in [-0.3, -0.25) is 10.1 Å². The molecule has 0 radical (unpaired) electrons. The average molecular weight is 298 g/mol. The van der Waals surface area contributed by atoms with Gasteiger partial charge in [-0.1, -0.05) is 12.8 Å². The Balaban J connectivity index is 2.35. The maximum atomic E-state index is 11.5. The third-order valence-corrected chi connectivity index (χ3v) is 4.64. The average Bonchev–Trinajstić information content (AvgIpc) is 2.59. The van der Waals surface area contributed by atoms with Gasteiger partial charge in [-0.2, -0.15) is 0 Å². The summed E-state index contributed by atoms with van der Waals surface area (Å²) >= 11 is 0. The molecule has 4 heteroatoms. The summed E-state index contributed by atoms with van der Waals surface area (Å²) in [5.74, 6) is -0.737. The summed E-state index contributed by atoms with van der Waals surface area (Å²) in [4.78, 5) is 14.1. The summed E-state index contributed by atoms with van der Waals surface area (Å²) in [7, 11) is 0. The normalized spacial score (nSPS) is 23.8. The van der Waals surface area contributed by atoms with E-state index in [-0.39, 0.29) is 6.04 Å². The second-order valence-electron chi connectivity index (χ2n) is 7.13. The Hall–Kier alpha value is -0.610. The molecule has 1 rings (SSSR count). The first-order valence-corrected chi connectivity index (χ1v) is 8.60. The smallest absolute Gasteiger partial charge is 0.323 e. The molecule has 1 aliphatic heterocycles. The molecule has 1 fully saturated rings. The van der Waals surface area contributed by atoms with Crippen LogP contribution in [0.1, 0.15) is 72.6 Å².